The minimum atomic E-state index is 0.322. The lowest BCUT2D eigenvalue weighted by atomic mass is 9.85. The Kier molecular flexibility index (Phi) is 4.40. The summed E-state index contributed by atoms with van der Waals surface area (Å²) >= 11 is 0. The molecule has 1 unspecified atom stereocenters. The minimum absolute atomic E-state index is 0.322. The highest BCUT2D eigenvalue weighted by Crippen LogP contribution is 2.24. The Bertz CT molecular complexity index is 476. The summed E-state index contributed by atoms with van der Waals surface area (Å²) in [4.78, 5) is 0. The first-order valence-electron chi connectivity index (χ1n) is 6.56. The van der Waals surface area contributed by atoms with Crippen LogP contribution in [0.25, 0.3) is 0 Å². The van der Waals surface area contributed by atoms with E-state index in [2.05, 4.69) is 31.2 Å². The summed E-state index contributed by atoms with van der Waals surface area (Å²) < 4.78 is 0. The third-order valence-electron chi connectivity index (χ3n) is 3.35. The summed E-state index contributed by atoms with van der Waals surface area (Å²) in [5.41, 5.74) is 3.15. The van der Waals surface area contributed by atoms with Crippen LogP contribution in [0.3, 0.4) is 0 Å². The van der Waals surface area contributed by atoms with E-state index in [4.69, 9.17) is 5.11 Å². The predicted octanol–water partition coefficient (Wildman–Crippen LogP) is 4.20. The van der Waals surface area contributed by atoms with Crippen molar-refractivity contribution in [3.05, 3.63) is 65.7 Å². The summed E-state index contributed by atoms with van der Waals surface area (Å²) in [5.74, 6) is 1.22. The number of benzene rings is 2. The van der Waals surface area contributed by atoms with Crippen LogP contribution in [0.4, 0.5) is 0 Å². The normalized spacial score (nSPS) is 17.3. The number of para-hydroxylation sites is 1. The molecule has 0 saturated heterocycles. The summed E-state index contributed by atoms with van der Waals surface area (Å²) in [6, 6.07) is 17.5. The van der Waals surface area contributed by atoms with Gasteiger partial charge in [-0.25, -0.2) is 0 Å². The number of hydrogen-bond donors (Lipinski definition) is 1. The maximum atomic E-state index is 8.63. The lowest BCUT2D eigenvalue weighted by molar-refractivity contribution is 0.475. The molecule has 0 aromatic heterocycles. The number of aryl methyl sites for hydroxylation is 1. The summed E-state index contributed by atoms with van der Waals surface area (Å²) in [6.45, 7) is 2.34. The highest BCUT2D eigenvalue weighted by molar-refractivity contribution is 5.29. The highest BCUT2D eigenvalue weighted by atomic mass is 16.3. The molecule has 94 valence electrons. The van der Waals surface area contributed by atoms with Crippen molar-refractivity contribution in [1.82, 2.24) is 0 Å². The fourth-order valence-corrected chi connectivity index (χ4v) is 2.31. The SMILES string of the molecule is CC1CCc2ccccc2C1.Oc1ccccc1. The molecule has 2 aromatic rings. The molecule has 1 aliphatic carbocycles. The van der Waals surface area contributed by atoms with Gasteiger partial charge in [-0.05, 0) is 48.4 Å². The predicted molar refractivity (Wildman–Crippen MR) is 75.7 cm³/mol. The molecular formula is C17H20O. The van der Waals surface area contributed by atoms with Crippen LogP contribution in [-0.2, 0) is 12.8 Å². The molecule has 3 rings (SSSR count). The largest absolute Gasteiger partial charge is 0.508 e. The van der Waals surface area contributed by atoms with Crippen molar-refractivity contribution in [2.45, 2.75) is 26.2 Å². The molecule has 0 saturated carbocycles. The minimum Gasteiger partial charge on any atom is -0.508 e. The molecule has 1 atom stereocenters. The van der Waals surface area contributed by atoms with E-state index in [1.807, 2.05) is 6.07 Å². The van der Waals surface area contributed by atoms with Crippen LogP contribution in [-0.4, -0.2) is 5.11 Å². The van der Waals surface area contributed by atoms with Crippen LogP contribution in [0.1, 0.15) is 24.5 Å². The molecule has 0 fully saturated rings. The van der Waals surface area contributed by atoms with E-state index >= 15 is 0 Å². The van der Waals surface area contributed by atoms with Gasteiger partial charge in [0.15, 0.2) is 0 Å². The number of hydrogen-bond acceptors (Lipinski definition) is 1. The zero-order valence-corrected chi connectivity index (χ0v) is 10.8. The molecule has 0 amide bonds. The molecule has 18 heavy (non-hydrogen) atoms. The van der Waals surface area contributed by atoms with E-state index in [1.165, 1.54) is 19.3 Å². The fourth-order valence-electron chi connectivity index (χ4n) is 2.31. The first-order valence-corrected chi connectivity index (χ1v) is 6.56. The van der Waals surface area contributed by atoms with Crippen molar-refractivity contribution >= 4 is 0 Å². The van der Waals surface area contributed by atoms with Crippen molar-refractivity contribution in [1.29, 1.82) is 0 Å². The number of rotatable bonds is 0. The Morgan fingerprint density at radius 1 is 0.889 bits per heavy atom. The highest BCUT2D eigenvalue weighted by Gasteiger charge is 2.13. The molecular weight excluding hydrogens is 220 g/mol. The van der Waals surface area contributed by atoms with Crippen LogP contribution >= 0.6 is 0 Å². The van der Waals surface area contributed by atoms with Crippen LogP contribution in [0.5, 0.6) is 5.75 Å². The van der Waals surface area contributed by atoms with E-state index in [1.54, 1.807) is 35.4 Å². The average molecular weight is 240 g/mol. The molecule has 1 N–H and O–H groups in total. The van der Waals surface area contributed by atoms with Gasteiger partial charge in [0, 0.05) is 0 Å². The van der Waals surface area contributed by atoms with Gasteiger partial charge in [-0.15, -0.1) is 0 Å². The van der Waals surface area contributed by atoms with Crippen LogP contribution in [0, 0.1) is 5.92 Å². The second kappa shape index (κ2) is 6.25. The van der Waals surface area contributed by atoms with Crippen LogP contribution in [0.15, 0.2) is 54.6 Å². The monoisotopic (exact) mass is 240 g/mol. The van der Waals surface area contributed by atoms with Crippen molar-refractivity contribution in [2.24, 2.45) is 5.92 Å². The van der Waals surface area contributed by atoms with Crippen molar-refractivity contribution in [2.75, 3.05) is 0 Å². The molecule has 0 aliphatic heterocycles. The van der Waals surface area contributed by atoms with Crippen molar-refractivity contribution < 1.29 is 5.11 Å². The Hall–Kier alpha value is -1.76. The Morgan fingerprint density at radius 2 is 1.50 bits per heavy atom. The van der Waals surface area contributed by atoms with Gasteiger partial charge in [-0.1, -0.05) is 49.4 Å². The van der Waals surface area contributed by atoms with Crippen LogP contribution < -0.4 is 0 Å². The summed E-state index contributed by atoms with van der Waals surface area (Å²) in [6.07, 6.45) is 3.95. The number of phenolic OH excluding ortho intramolecular Hbond substituents is 1. The molecule has 2 aromatic carbocycles. The lowest BCUT2D eigenvalue weighted by Gasteiger charge is -2.20. The quantitative estimate of drug-likeness (QED) is 0.731. The maximum Gasteiger partial charge on any atom is 0.115 e. The molecule has 0 heterocycles. The van der Waals surface area contributed by atoms with E-state index in [0.29, 0.717) is 5.75 Å². The topological polar surface area (TPSA) is 20.2 Å². The maximum absolute atomic E-state index is 8.63. The van der Waals surface area contributed by atoms with Gasteiger partial charge < -0.3 is 5.11 Å². The van der Waals surface area contributed by atoms with Gasteiger partial charge in [-0.3, -0.25) is 0 Å². The van der Waals surface area contributed by atoms with Gasteiger partial charge in [-0.2, -0.15) is 0 Å². The third-order valence-corrected chi connectivity index (χ3v) is 3.35. The number of phenols is 1. The van der Waals surface area contributed by atoms with Crippen LogP contribution in [0.2, 0.25) is 0 Å². The number of aromatic hydroxyl groups is 1. The van der Waals surface area contributed by atoms with E-state index in [9.17, 15) is 0 Å². The molecule has 1 heteroatoms. The van der Waals surface area contributed by atoms with Gasteiger partial charge in [0.2, 0.25) is 0 Å². The molecule has 1 nitrogen and oxygen atoms in total. The Balaban J connectivity index is 0.000000149. The smallest absolute Gasteiger partial charge is 0.115 e. The van der Waals surface area contributed by atoms with Gasteiger partial charge >= 0.3 is 0 Å². The molecule has 0 spiro atoms. The zero-order valence-electron chi connectivity index (χ0n) is 10.8. The van der Waals surface area contributed by atoms with E-state index in [0.717, 1.165) is 5.92 Å². The van der Waals surface area contributed by atoms with E-state index in [-0.39, 0.29) is 0 Å². The third kappa shape index (κ3) is 3.63. The second-order valence-corrected chi connectivity index (χ2v) is 4.95. The average Bonchev–Trinajstić information content (AvgIpc) is 2.40. The summed E-state index contributed by atoms with van der Waals surface area (Å²) in [5, 5.41) is 8.63. The Labute approximate surface area is 109 Å². The van der Waals surface area contributed by atoms with Gasteiger partial charge in [0.05, 0.1) is 0 Å². The summed E-state index contributed by atoms with van der Waals surface area (Å²) in [7, 11) is 0. The van der Waals surface area contributed by atoms with Gasteiger partial charge in [0.1, 0.15) is 5.75 Å². The van der Waals surface area contributed by atoms with E-state index < -0.39 is 0 Å². The first-order chi connectivity index (χ1) is 8.75. The fraction of sp³-hybridized carbons (Fsp3) is 0.294. The standard InChI is InChI=1S/C11H14.C6H6O/c1-9-6-7-10-4-2-3-5-11(10)8-9;7-6-4-2-1-3-5-6/h2-5,9H,6-8H2,1H3;1-5,7H. The molecule has 1 aliphatic rings. The van der Waals surface area contributed by atoms with Crippen molar-refractivity contribution in [3.63, 3.8) is 0 Å². The second-order valence-electron chi connectivity index (χ2n) is 4.95. The molecule has 0 bridgehead atoms. The molecule has 0 radical (unpaired) electrons. The van der Waals surface area contributed by atoms with Gasteiger partial charge in [0.25, 0.3) is 0 Å². The zero-order chi connectivity index (χ0) is 12.8. The Morgan fingerprint density at radius 3 is 2.11 bits per heavy atom. The van der Waals surface area contributed by atoms with Crippen molar-refractivity contribution in [3.8, 4) is 5.75 Å². The lowest BCUT2D eigenvalue weighted by Crippen LogP contribution is -2.10. The number of fused-ring (bicyclic) bond motifs is 1. The first kappa shape index (κ1) is 12.7.